The van der Waals surface area contributed by atoms with E-state index in [1.807, 2.05) is 0 Å². The van der Waals surface area contributed by atoms with Gasteiger partial charge >= 0.3 is 0 Å². The van der Waals surface area contributed by atoms with Gasteiger partial charge in [0.15, 0.2) is 0 Å². The van der Waals surface area contributed by atoms with Gasteiger partial charge < -0.3 is 10.2 Å². The first kappa shape index (κ1) is 13.9. The Morgan fingerprint density at radius 2 is 2.25 bits per heavy atom. The van der Waals surface area contributed by atoms with Gasteiger partial charge in [0.25, 0.3) is 0 Å². The summed E-state index contributed by atoms with van der Waals surface area (Å²) in [6.07, 6.45) is 6.24. The molecule has 0 spiro atoms. The topological polar surface area (TPSA) is 28.2 Å². The summed E-state index contributed by atoms with van der Waals surface area (Å²) in [6, 6.07) is 3.07. The number of hydrogen-bond acceptors (Lipinski definition) is 3. The van der Waals surface area contributed by atoms with E-state index in [4.69, 9.17) is 4.98 Å². The van der Waals surface area contributed by atoms with Crippen molar-refractivity contribution >= 4 is 5.82 Å². The van der Waals surface area contributed by atoms with E-state index in [0.717, 1.165) is 25.0 Å². The van der Waals surface area contributed by atoms with Gasteiger partial charge in [-0.05, 0) is 61.8 Å². The molecule has 2 bridgehead atoms. The zero-order chi connectivity index (χ0) is 14.1. The smallest absolute Gasteiger partial charge is 0.131 e. The fourth-order valence-electron chi connectivity index (χ4n) is 3.71. The Kier molecular flexibility index (Phi) is 3.97. The monoisotopic (exact) mass is 273 g/mol. The molecule has 0 amide bonds. The van der Waals surface area contributed by atoms with Crippen LogP contribution in [0.2, 0.25) is 0 Å². The Labute approximate surface area is 122 Å². The molecule has 3 rings (SSSR count). The Morgan fingerprint density at radius 3 is 2.85 bits per heavy atom. The van der Waals surface area contributed by atoms with Crippen molar-refractivity contribution in [2.24, 2.45) is 11.8 Å². The largest absolute Gasteiger partial charge is 0.353 e. The number of pyridine rings is 1. The van der Waals surface area contributed by atoms with E-state index in [-0.39, 0.29) is 0 Å². The summed E-state index contributed by atoms with van der Waals surface area (Å²) in [6.45, 7) is 9.91. The minimum Gasteiger partial charge on any atom is -0.353 e. The Balaban J connectivity index is 1.65. The molecule has 1 saturated carbocycles. The van der Waals surface area contributed by atoms with Crippen LogP contribution in [0.25, 0.3) is 0 Å². The van der Waals surface area contributed by atoms with Crippen LogP contribution in [0.4, 0.5) is 5.82 Å². The highest BCUT2D eigenvalue weighted by molar-refractivity contribution is 5.50. The Hall–Kier alpha value is -1.09. The summed E-state index contributed by atoms with van der Waals surface area (Å²) >= 11 is 0. The van der Waals surface area contributed by atoms with E-state index in [2.05, 4.69) is 43.3 Å². The normalized spacial score (nSPS) is 24.9. The molecule has 2 fully saturated rings. The van der Waals surface area contributed by atoms with Gasteiger partial charge in [-0.1, -0.05) is 13.8 Å². The lowest BCUT2D eigenvalue weighted by molar-refractivity contribution is 0.547. The summed E-state index contributed by atoms with van der Waals surface area (Å²) in [5.41, 5.74) is 2.64. The SMILES string of the molecule is Cc1cc(CNCC(C)C)cnc1N1CC2CCC1C2. The lowest BCUT2D eigenvalue weighted by Gasteiger charge is -2.29. The molecule has 0 aromatic carbocycles. The van der Waals surface area contributed by atoms with Crippen molar-refractivity contribution in [2.45, 2.75) is 52.6 Å². The van der Waals surface area contributed by atoms with Crippen LogP contribution >= 0.6 is 0 Å². The van der Waals surface area contributed by atoms with Gasteiger partial charge in [0.1, 0.15) is 5.82 Å². The Bertz CT molecular complexity index is 469. The molecule has 2 heterocycles. The number of piperidine rings is 1. The maximum Gasteiger partial charge on any atom is 0.131 e. The van der Waals surface area contributed by atoms with Crippen LogP contribution < -0.4 is 10.2 Å². The van der Waals surface area contributed by atoms with Crippen molar-refractivity contribution in [3.63, 3.8) is 0 Å². The van der Waals surface area contributed by atoms with Crippen LogP contribution in [0.15, 0.2) is 12.3 Å². The van der Waals surface area contributed by atoms with Crippen LogP contribution in [0.5, 0.6) is 0 Å². The average Bonchev–Trinajstić information content (AvgIpc) is 3.00. The molecule has 1 saturated heterocycles. The fourth-order valence-corrected chi connectivity index (χ4v) is 3.71. The number of aryl methyl sites for hydroxylation is 1. The van der Waals surface area contributed by atoms with E-state index >= 15 is 0 Å². The summed E-state index contributed by atoms with van der Waals surface area (Å²) in [5.74, 6) is 2.85. The van der Waals surface area contributed by atoms with Crippen molar-refractivity contribution in [3.8, 4) is 0 Å². The van der Waals surface area contributed by atoms with Gasteiger partial charge in [-0.3, -0.25) is 0 Å². The van der Waals surface area contributed by atoms with E-state index in [1.165, 1.54) is 42.8 Å². The van der Waals surface area contributed by atoms with Crippen molar-refractivity contribution in [2.75, 3.05) is 18.0 Å². The summed E-state index contributed by atoms with van der Waals surface area (Å²) in [5, 5.41) is 3.49. The third-order valence-corrected chi connectivity index (χ3v) is 4.67. The number of anilines is 1. The molecule has 20 heavy (non-hydrogen) atoms. The van der Waals surface area contributed by atoms with Crippen molar-refractivity contribution in [1.29, 1.82) is 0 Å². The average molecular weight is 273 g/mol. The second-order valence-electron chi connectivity index (χ2n) is 6.99. The Morgan fingerprint density at radius 1 is 1.40 bits per heavy atom. The van der Waals surface area contributed by atoms with Crippen molar-refractivity contribution < 1.29 is 0 Å². The van der Waals surface area contributed by atoms with E-state index in [1.54, 1.807) is 0 Å². The zero-order valence-electron chi connectivity index (χ0n) is 13.0. The molecule has 3 nitrogen and oxygen atoms in total. The minimum atomic E-state index is 0.698. The summed E-state index contributed by atoms with van der Waals surface area (Å²) in [4.78, 5) is 7.31. The third-order valence-electron chi connectivity index (χ3n) is 4.67. The quantitative estimate of drug-likeness (QED) is 0.893. The minimum absolute atomic E-state index is 0.698. The first-order chi connectivity index (χ1) is 9.63. The van der Waals surface area contributed by atoms with E-state index in [0.29, 0.717) is 5.92 Å². The molecule has 0 radical (unpaired) electrons. The fraction of sp³-hybridized carbons (Fsp3) is 0.706. The van der Waals surface area contributed by atoms with Gasteiger partial charge in [0, 0.05) is 25.3 Å². The molecular formula is C17H27N3. The van der Waals surface area contributed by atoms with Gasteiger partial charge in [-0.2, -0.15) is 0 Å². The number of fused-ring (bicyclic) bond motifs is 2. The third kappa shape index (κ3) is 2.83. The first-order valence-corrected chi connectivity index (χ1v) is 8.06. The van der Waals surface area contributed by atoms with Crippen LogP contribution in [-0.2, 0) is 6.54 Å². The number of nitrogens with zero attached hydrogens (tertiary/aromatic N) is 2. The van der Waals surface area contributed by atoms with Crippen LogP contribution in [0.1, 0.15) is 44.2 Å². The molecule has 110 valence electrons. The number of aromatic nitrogens is 1. The van der Waals surface area contributed by atoms with Crippen molar-refractivity contribution in [1.82, 2.24) is 10.3 Å². The zero-order valence-corrected chi connectivity index (χ0v) is 13.0. The summed E-state index contributed by atoms with van der Waals surface area (Å²) < 4.78 is 0. The highest BCUT2D eigenvalue weighted by Crippen LogP contribution is 2.40. The van der Waals surface area contributed by atoms with E-state index < -0.39 is 0 Å². The van der Waals surface area contributed by atoms with Crippen molar-refractivity contribution in [3.05, 3.63) is 23.4 Å². The predicted octanol–water partition coefficient (Wildman–Crippen LogP) is 3.12. The molecule has 1 aromatic rings. The van der Waals surface area contributed by atoms with Gasteiger partial charge in [-0.15, -0.1) is 0 Å². The molecule has 2 unspecified atom stereocenters. The standard InChI is InChI=1S/C17H27N3/c1-12(2)8-18-9-15-6-13(3)17(19-10-15)20-11-14-4-5-16(20)7-14/h6,10,12,14,16,18H,4-5,7-9,11H2,1-3H3. The molecule has 3 heteroatoms. The highest BCUT2D eigenvalue weighted by atomic mass is 15.2. The summed E-state index contributed by atoms with van der Waals surface area (Å²) in [7, 11) is 0. The molecule has 1 aromatic heterocycles. The first-order valence-electron chi connectivity index (χ1n) is 8.06. The van der Waals surface area contributed by atoms with Gasteiger partial charge in [0.2, 0.25) is 0 Å². The molecular weight excluding hydrogens is 246 g/mol. The van der Waals surface area contributed by atoms with Crippen LogP contribution in [0.3, 0.4) is 0 Å². The molecule has 2 atom stereocenters. The lowest BCUT2D eigenvalue weighted by Crippen LogP contribution is -2.33. The second-order valence-corrected chi connectivity index (χ2v) is 6.99. The molecule has 1 aliphatic carbocycles. The lowest BCUT2D eigenvalue weighted by atomic mass is 10.1. The molecule has 1 N–H and O–H groups in total. The molecule has 2 aliphatic rings. The maximum absolute atomic E-state index is 4.76. The van der Waals surface area contributed by atoms with Crippen LogP contribution in [-0.4, -0.2) is 24.1 Å². The highest BCUT2D eigenvalue weighted by Gasteiger charge is 2.38. The van der Waals surface area contributed by atoms with Gasteiger partial charge in [-0.25, -0.2) is 4.98 Å². The van der Waals surface area contributed by atoms with Crippen LogP contribution in [0, 0.1) is 18.8 Å². The van der Waals surface area contributed by atoms with Gasteiger partial charge in [0.05, 0.1) is 0 Å². The second kappa shape index (κ2) is 5.72. The molecule has 1 aliphatic heterocycles. The number of nitrogens with one attached hydrogen (secondary N) is 1. The van der Waals surface area contributed by atoms with E-state index in [9.17, 15) is 0 Å². The number of rotatable bonds is 5. The predicted molar refractivity (Wildman–Crippen MR) is 84.0 cm³/mol. The number of hydrogen-bond donors (Lipinski definition) is 1. The maximum atomic E-state index is 4.76.